The molecule has 0 spiro atoms. The average molecular weight is 226 g/mol. The first-order chi connectivity index (χ1) is 8.18. The molecule has 0 fully saturated rings. The molecule has 3 nitrogen and oxygen atoms in total. The maximum atomic E-state index is 11.0. The van der Waals surface area contributed by atoms with Gasteiger partial charge in [0.1, 0.15) is 6.04 Å². The molecule has 17 heavy (non-hydrogen) atoms. The van der Waals surface area contributed by atoms with E-state index in [2.05, 4.69) is 0 Å². The molecule has 0 aliphatic rings. The van der Waals surface area contributed by atoms with E-state index in [1.807, 2.05) is 54.6 Å². The number of carbonyl (C=O) groups is 1. The Morgan fingerprint density at radius 1 is 0.941 bits per heavy atom. The van der Waals surface area contributed by atoms with Gasteiger partial charge in [-0.05, 0) is 22.8 Å². The number of carbonyl (C=O) groups excluding carboxylic acids is 1. The zero-order valence-corrected chi connectivity index (χ0v) is 9.34. The Morgan fingerprint density at radius 3 is 2.24 bits per heavy atom. The summed E-state index contributed by atoms with van der Waals surface area (Å²) in [5.74, 6) is -0.518. The summed E-state index contributed by atoms with van der Waals surface area (Å²) in [4.78, 5) is 11.0. The van der Waals surface area contributed by atoms with Gasteiger partial charge in [-0.1, -0.05) is 48.5 Å². The molecule has 0 aliphatic heterocycles. The number of benzene rings is 2. The van der Waals surface area contributed by atoms with Crippen LogP contribution in [0, 0.1) is 0 Å². The van der Waals surface area contributed by atoms with E-state index in [4.69, 9.17) is 11.5 Å². The van der Waals surface area contributed by atoms with Gasteiger partial charge in [0.25, 0.3) is 0 Å². The van der Waals surface area contributed by atoms with Gasteiger partial charge in [0, 0.05) is 0 Å². The van der Waals surface area contributed by atoms with Gasteiger partial charge >= 0.3 is 0 Å². The van der Waals surface area contributed by atoms with E-state index in [0.29, 0.717) is 0 Å². The third-order valence-corrected chi connectivity index (χ3v) is 2.66. The molecule has 0 unspecified atom stereocenters. The number of rotatable bonds is 3. The zero-order chi connectivity index (χ0) is 12.3. The topological polar surface area (TPSA) is 69.1 Å². The first-order valence-electron chi connectivity index (χ1n) is 5.39. The highest BCUT2D eigenvalue weighted by Gasteiger charge is 2.12. The molecule has 1 amide bonds. The van der Waals surface area contributed by atoms with E-state index in [9.17, 15) is 4.79 Å². The molecule has 0 heterocycles. The van der Waals surface area contributed by atoms with Crippen molar-refractivity contribution in [3.8, 4) is 11.1 Å². The zero-order valence-electron chi connectivity index (χ0n) is 9.34. The summed E-state index contributed by atoms with van der Waals surface area (Å²) in [7, 11) is 0. The Hall–Kier alpha value is -2.13. The van der Waals surface area contributed by atoms with Crippen molar-refractivity contribution < 1.29 is 4.79 Å². The fraction of sp³-hybridized carbons (Fsp3) is 0.0714. The highest BCUT2D eigenvalue weighted by Crippen LogP contribution is 2.22. The molecule has 0 saturated heterocycles. The van der Waals surface area contributed by atoms with Crippen LogP contribution >= 0.6 is 0 Å². The Bertz CT molecular complexity index is 523. The van der Waals surface area contributed by atoms with Crippen molar-refractivity contribution in [2.75, 3.05) is 0 Å². The number of hydrogen-bond donors (Lipinski definition) is 2. The van der Waals surface area contributed by atoms with Gasteiger partial charge in [-0.3, -0.25) is 4.79 Å². The van der Waals surface area contributed by atoms with Crippen molar-refractivity contribution in [2.24, 2.45) is 11.5 Å². The van der Waals surface area contributed by atoms with Crippen LogP contribution in [0.3, 0.4) is 0 Å². The number of primary amides is 1. The molecule has 4 N–H and O–H groups in total. The van der Waals surface area contributed by atoms with Gasteiger partial charge < -0.3 is 11.5 Å². The van der Waals surface area contributed by atoms with E-state index in [1.54, 1.807) is 0 Å². The standard InChI is InChI=1S/C14H14N2O/c15-13(14(16)17)12-8-4-7-11(9-12)10-5-2-1-3-6-10/h1-9,13H,15H2,(H2,16,17)/t13-/m0/s1. The fourth-order valence-electron chi connectivity index (χ4n) is 1.71. The third-order valence-electron chi connectivity index (χ3n) is 2.66. The van der Waals surface area contributed by atoms with Crippen molar-refractivity contribution in [1.29, 1.82) is 0 Å². The monoisotopic (exact) mass is 226 g/mol. The Balaban J connectivity index is 2.39. The van der Waals surface area contributed by atoms with Gasteiger partial charge in [0.05, 0.1) is 0 Å². The molecule has 0 radical (unpaired) electrons. The summed E-state index contributed by atoms with van der Waals surface area (Å²) in [5, 5.41) is 0. The first kappa shape index (κ1) is 11.4. The first-order valence-corrected chi connectivity index (χ1v) is 5.39. The SMILES string of the molecule is NC(=O)[C@@H](N)c1cccc(-c2ccccc2)c1. The van der Waals surface area contributed by atoms with Gasteiger partial charge in [-0.15, -0.1) is 0 Å². The second kappa shape index (κ2) is 4.80. The van der Waals surface area contributed by atoms with Crippen LogP contribution in [0.2, 0.25) is 0 Å². The molecule has 0 aromatic heterocycles. The largest absolute Gasteiger partial charge is 0.368 e. The average Bonchev–Trinajstić information content (AvgIpc) is 2.39. The van der Waals surface area contributed by atoms with E-state index in [1.165, 1.54) is 0 Å². The summed E-state index contributed by atoms with van der Waals surface area (Å²) in [6.45, 7) is 0. The molecule has 0 aliphatic carbocycles. The molecular formula is C14H14N2O. The molecule has 2 aromatic carbocycles. The van der Waals surface area contributed by atoms with Gasteiger partial charge in [0.15, 0.2) is 0 Å². The van der Waals surface area contributed by atoms with Crippen molar-refractivity contribution in [1.82, 2.24) is 0 Å². The normalized spacial score (nSPS) is 12.1. The minimum Gasteiger partial charge on any atom is -0.368 e. The van der Waals surface area contributed by atoms with Crippen molar-refractivity contribution in [2.45, 2.75) is 6.04 Å². The lowest BCUT2D eigenvalue weighted by Crippen LogP contribution is -2.28. The quantitative estimate of drug-likeness (QED) is 0.838. The van der Waals surface area contributed by atoms with Crippen molar-refractivity contribution in [3.05, 3.63) is 60.2 Å². The van der Waals surface area contributed by atoms with Crippen LogP contribution < -0.4 is 11.5 Å². The molecule has 1 atom stereocenters. The molecule has 3 heteroatoms. The van der Waals surface area contributed by atoms with Gasteiger partial charge in [-0.25, -0.2) is 0 Å². The number of nitrogens with two attached hydrogens (primary N) is 2. The molecule has 0 bridgehead atoms. The predicted octanol–water partition coefficient (Wildman–Crippen LogP) is 1.84. The minimum absolute atomic E-state index is 0.518. The van der Waals surface area contributed by atoms with Crippen LogP contribution in [-0.2, 0) is 4.79 Å². The van der Waals surface area contributed by atoms with E-state index in [-0.39, 0.29) is 0 Å². The van der Waals surface area contributed by atoms with Gasteiger partial charge in [0.2, 0.25) is 5.91 Å². The summed E-state index contributed by atoms with van der Waals surface area (Å²) in [6.07, 6.45) is 0. The lowest BCUT2D eigenvalue weighted by atomic mass is 10.00. The Kier molecular flexibility index (Phi) is 3.21. The summed E-state index contributed by atoms with van der Waals surface area (Å²) in [6, 6.07) is 16.7. The van der Waals surface area contributed by atoms with E-state index < -0.39 is 11.9 Å². The van der Waals surface area contributed by atoms with Gasteiger partial charge in [-0.2, -0.15) is 0 Å². The van der Waals surface area contributed by atoms with Crippen molar-refractivity contribution >= 4 is 5.91 Å². The van der Waals surface area contributed by atoms with Crippen LogP contribution in [0.1, 0.15) is 11.6 Å². The predicted molar refractivity (Wildman–Crippen MR) is 68.0 cm³/mol. The molecule has 2 rings (SSSR count). The Morgan fingerprint density at radius 2 is 1.59 bits per heavy atom. The molecular weight excluding hydrogens is 212 g/mol. The summed E-state index contributed by atoms with van der Waals surface area (Å²) >= 11 is 0. The van der Waals surface area contributed by atoms with Crippen LogP contribution in [0.25, 0.3) is 11.1 Å². The highest BCUT2D eigenvalue weighted by molar-refractivity contribution is 5.81. The maximum Gasteiger partial charge on any atom is 0.238 e. The summed E-state index contributed by atoms with van der Waals surface area (Å²) in [5.41, 5.74) is 13.8. The highest BCUT2D eigenvalue weighted by atomic mass is 16.1. The second-order valence-electron chi connectivity index (χ2n) is 3.87. The number of amides is 1. The second-order valence-corrected chi connectivity index (χ2v) is 3.87. The number of hydrogen-bond acceptors (Lipinski definition) is 2. The van der Waals surface area contributed by atoms with Crippen LogP contribution in [-0.4, -0.2) is 5.91 Å². The van der Waals surface area contributed by atoms with Crippen molar-refractivity contribution in [3.63, 3.8) is 0 Å². The van der Waals surface area contributed by atoms with E-state index >= 15 is 0 Å². The van der Waals surface area contributed by atoms with Crippen LogP contribution in [0.15, 0.2) is 54.6 Å². The van der Waals surface area contributed by atoms with Crippen LogP contribution in [0.4, 0.5) is 0 Å². The summed E-state index contributed by atoms with van der Waals surface area (Å²) < 4.78 is 0. The molecule has 86 valence electrons. The lowest BCUT2D eigenvalue weighted by Gasteiger charge is -2.09. The van der Waals surface area contributed by atoms with E-state index in [0.717, 1.165) is 16.7 Å². The smallest absolute Gasteiger partial charge is 0.238 e. The maximum absolute atomic E-state index is 11.0. The minimum atomic E-state index is -0.751. The lowest BCUT2D eigenvalue weighted by molar-refractivity contribution is -0.119. The fourth-order valence-corrected chi connectivity index (χ4v) is 1.71. The molecule has 2 aromatic rings. The third kappa shape index (κ3) is 2.52. The Labute approximate surface area is 100 Å². The van der Waals surface area contributed by atoms with Crippen LogP contribution in [0.5, 0.6) is 0 Å². The molecule has 0 saturated carbocycles.